The molecule has 0 aliphatic rings. The molecule has 2 aromatic rings. The number of halogens is 2. The first-order valence-electron chi connectivity index (χ1n) is 6.06. The number of nitrogens with two attached hydrogens (primary N) is 1. The van der Waals surface area contributed by atoms with Crippen LogP contribution in [0.15, 0.2) is 51.8 Å². The Labute approximate surface area is 131 Å². The second kappa shape index (κ2) is 6.13. The molecule has 0 aliphatic carbocycles. The average molecular weight is 373 g/mol. The van der Waals surface area contributed by atoms with E-state index < -0.39 is 10.0 Å². The minimum Gasteiger partial charge on any atom is -0.398 e. The first-order valence-corrected chi connectivity index (χ1v) is 8.30. The zero-order valence-corrected chi connectivity index (χ0v) is 13.7. The van der Waals surface area contributed by atoms with Crippen molar-refractivity contribution in [3.8, 4) is 0 Å². The number of rotatable bonds is 4. The van der Waals surface area contributed by atoms with Crippen LogP contribution in [0.5, 0.6) is 0 Å². The summed E-state index contributed by atoms with van der Waals surface area (Å²) in [4.78, 5) is 0.0430. The zero-order valence-electron chi connectivity index (χ0n) is 11.3. The predicted octanol–water partition coefficient (Wildman–Crippen LogP) is 2.99. The third-order valence-electron chi connectivity index (χ3n) is 2.98. The Morgan fingerprint density at radius 1 is 1.19 bits per heavy atom. The number of hydrogen-bond acceptors (Lipinski definition) is 3. The highest BCUT2D eigenvalue weighted by atomic mass is 79.9. The maximum Gasteiger partial charge on any atom is 0.245 e. The zero-order chi connectivity index (χ0) is 15.6. The maximum absolute atomic E-state index is 12.9. The molecule has 2 rings (SSSR count). The second-order valence-corrected chi connectivity index (χ2v) is 7.50. The lowest BCUT2D eigenvalue weighted by atomic mass is 10.2. The molecule has 0 saturated carbocycles. The maximum atomic E-state index is 12.9. The average Bonchev–Trinajstić information content (AvgIpc) is 2.43. The summed E-state index contributed by atoms with van der Waals surface area (Å²) in [5, 5.41) is 0. The van der Waals surface area contributed by atoms with E-state index in [-0.39, 0.29) is 22.9 Å². The van der Waals surface area contributed by atoms with Crippen molar-refractivity contribution in [1.29, 1.82) is 0 Å². The number of anilines is 1. The van der Waals surface area contributed by atoms with Gasteiger partial charge in [-0.25, -0.2) is 12.8 Å². The lowest BCUT2D eigenvalue weighted by Gasteiger charge is -2.18. The minimum absolute atomic E-state index is 0.0430. The Hall–Kier alpha value is -1.44. The Bertz CT molecular complexity index is 748. The van der Waals surface area contributed by atoms with E-state index in [9.17, 15) is 12.8 Å². The standard InChI is InChI=1S/C14H14BrFN2O2S/c1-18(9-10-2-5-12(16)6-3-10)21(19,20)14-8-11(15)4-7-13(14)17/h2-8H,9,17H2,1H3. The summed E-state index contributed by atoms with van der Waals surface area (Å²) in [5.41, 5.74) is 6.63. The number of nitrogen functional groups attached to an aromatic ring is 1. The number of benzene rings is 2. The summed E-state index contributed by atoms with van der Waals surface area (Å²) in [6, 6.07) is 10.4. The third kappa shape index (κ3) is 3.61. The first-order chi connectivity index (χ1) is 9.80. The van der Waals surface area contributed by atoms with Gasteiger partial charge in [0.2, 0.25) is 10.0 Å². The molecule has 0 spiro atoms. The van der Waals surface area contributed by atoms with E-state index in [0.29, 0.717) is 10.0 Å². The molecule has 2 N–H and O–H groups in total. The van der Waals surface area contributed by atoms with Crippen LogP contribution in [-0.4, -0.2) is 19.8 Å². The van der Waals surface area contributed by atoms with Crippen LogP contribution in [0.2, 0.25) is 0 Å². The highest BCUT2D eigenvalue weighted by Crippen LogP contribution is 2.26. The van der Waals surface area contributed by atoms with E-state index in [2.05, 4.69) is 15.9 Å². The highest BCUT2D eigenvalue weighted by molar-refractivity contribution is 9.10. The van der Waals surface area contributed by atoms with Crippen LogP contribution in [0.4, 0.5) is 10.1 Å². The molecule has 0 unspecified atom stereocenters. The molecule has 4 nitrogen and oxygen atoms in total. The molecular formula is C14H14BrFN2O2S. The van der Waals surface area contributed by atoms with Crippen LogP contribution in [0.25, 0.3) is 0 Å². The van der Waals surface area contributed by atoms with Gasteiger partial charge in [0.1, 0.15) is 10.7 Å². The van der Waals surface area contributed by atoms with Crippen LogP contribution >= 0.6 is 15.9 Å². The van der Waals surface area contributed by atoms with Crippen molar-refractivity contribution in [2.75, 3.05) is 12.8 Å². The smallest absolute Gasteiger partial charge is 0.245 e. The van der Waals surface area contributed by atoms with Gasteiger partial charge in [0, 0.05) is 18.1 Å². The van der Waals surface area contributed by atoms with Crippen molar-refractivity contribution in [3.05, 3.63) is 58.3 Å². The number of hydrogen-bond donors (Lipinski definition) is 1. The third-order valence-corrected chi connectivity index (χ3v) is 5.33. The Balaban J connectivity index is 2.30. The van der Waals surface area contributed by atoms with Gasteiger partial charge in [-0.3, -0.25) is 0 Å². The van der Waals surface area contributed by atoms with Crippen molar-refractivity contribution in [3.63, 3.8) is 0 Å². The monoisotopic (exact) mass is 372 g/mol. The summed E-state index contributed by atoms with van der Waals surface area (Å²) >= 11 is 3.23. The largest absolute Gasteiger partial charge is 0.398 e. The van der Waals surface area contributed by atoms with E-state index in [1.165, 1.54) is 35.6 Å². The van der Waals surface area contributed by atoms with Gasteiger partial charge >= 0.3 is 0 Å². The predicted molar refractivity (Wildman–Crippen MR) is 83.6 cm³/mol. The fourth-order valence-corrected chi connectivity index (χ4v) is 3.64. The van der Waals surface area contributed by atoms with Gasteiger partial charge in [-0.15, -0.1) is 0 Å². The molecule has 0 amide bonds. The molecule has 0 heterocycles. The summed E-state index contributed by atoms with van der Waals surface area (Å²) in [5.74, 6) is -0.361. The Kier molecular flexibility index (Phi) is 4.65. The van der Waals surface area contributed by atoms with Crippen LogP contribution in [-0.2, 0) is 16.6 Å². The molecule has 0 radical (unpaired) electrons. The van der Waals surface area contributed by atoms with Gasteiger partial charge < -0.3 is 5.73 Å². The summed E-state index contributed by atoms with van der Waals surface area (Å²) in [7, 11) is -2.26. The van der Waals surface area contributed by atoms with Crippen LogP contribution < -0.4 is 5.73 Å². The van der Waals surface area contributed by atoms with Crippen molar-refractivity contribution in [2.24, 2.45) is 0 Å². The number of sulfonamides is 1. The molecule has 0 fully saturated rings. The first kappa shape index (κ1) is 15.9. The van der Waals surface area contributed by atoms with E-state index in [4.69, 9.17) is 5.73 Å². The molecule has 112 valence electrons. The lowest BCUT2D eigenvalue weighted by molar-refractivity contribution is 0.466. The van der Waals surface area contributed by atoms with Crippen LogP contribution in [0.1, 0.15) is 5.56 Å². The van der Waals surface area contributed by atoms with Crippen LogP contribution in [0.3, 0.4) is 0 Å². The van der Waals surface area contributed by atoms with Gasteiger partial charge in [0.05, 0.1) is 5.69 Å². The molecule has 21 heavy (non-hydrogen) atoms. The van der Waals surface area contributed by atoms with E-state index in [0.717, 1.165) is 0 Å². The SMILES string of the molecule is CN(Cc1ccc(F)cc1)S(=O)(=O)c1cc(Br)ccc1N. The molecule has 0 saturated heterocycles. The van der Waals surface area contributed by atoms with Crippen molar-refractivity contribution < 1.29 is 12.8 Å². The highest BCUT2D eigenvalue weighted by Gasteiger charge is 2.23. The summed E-state index contributed by atoms with van der Waals surface area (Å²) in [6.07, 6.45) is 0. The van der Waals surface area contributed by atoms with Crippen molar-refractivity contribution in [1.82, 2.24) is 4.31 Å². The minimum atomic E-state index is -3.72. The van der Waals surface area contributed by atoms with Gasteiger partial charge in [-0.2, -0.15) is 4.31 Å². The Morgan fingerprint density at radius 2 is 1.81 bits per heavy atom. The van der Waals surface area contributed by atoms with Gasteiger partial charge in [0.25, 0.3) is 0 Å². The second-order valence-electron chi connectivity index (χ2n) is 4.57. The molecule has 7 heteroatoms. The molecule has 2 aromatic carbocycles. The molecule has 0 aromatic heterocycles. The van der Waals surface area contributed by atoms with E-state index >= 15 is 0 Å². The lowest BCUT2D eigenvalue weighted by Crippen LogP contribution is -2.27. The summed E-state index contributed by atoms with van der Waals surface area (Å²) in [6.45, 7) is 0.133. The van der Waals surface area contributed by atoms with Crippen molar-refractivity contribution in [2.45, 2.75) is 11.4 Å². The molecule has 0 aliphatic heterocycles. The van der Waals surface area contributed by atoms with Gasteiger partial charge in [-0.1, -0.05) is 28.1 Å². The number of nitrogens with zero attached hydrogens (tertiary/aromatic N) is 1. The van der Waals surface area contributed by atoms with Gasteiger partial charge in [-0.05, 0) is 35.9 Å². The van der Waals surface area contributed by atoms with Gasteiger partial charge in [0.15, 0.2) is 0 Å². The molecular weight excluding hydrogens is 359 g/mol. The quantitative estimate of drug-likeness (QED) is 0.839. The van der Waals surface area contributed by atoms with E-state index in [1.807, 2.05) is 0 Å². The fraction of sp³-hybridized carbons (Fsp3) is 0.143. The Morgan fingerprint density at radius 3 is 2.43 bits per heavy atom. The topological polar surface area (TPSA) is 63.4 Å². The van der Waals surface area contributed by atoms with Crippen LogP contribution in [0, 0.1) is 5.82 Å². The van der Waals surface area contributed by atoms with E-state index in [1.54, 1.807) is 18.2 Å². The molecule has 0 atom stereocenters. The fourth-order valence-electron chi connectivity index (χ4n) is 1.83. The normalized spacial score (nSPS) is 11.8. The van der Waals surface area contributed by atoms with Crippen molar-refractivity contribution >= 4 is 31.6 Å². The summed E-state index contributed by atoms with van der Waals surface area (Å²) < 4.78 is 39.7. The molecule has 0 bridgehead atoms.